The Hall–Kier alpha value is -0.890. The highest BCUT2D eigenvalue weighted by Gasteiger charge is 2.18. The maximum Gasteiger partial charge on any atom is 0.0816 e. The van der Waals surface area contributed by atoms with Gasteiger partial charge in [0.2, 0.25) is 0 Å². The molecule has 2 aromatic heterocycles. The second-order valence-electron chi connectivity index (χ2n) is 9.06. The van der Waals surface area contributed by atoms with E-state index >= 15 is 0 Å². The van der Waals surface area contributed by atoms with Crippen LogP contribution < -0.4 is 0 Å². The van der Waals surface area contributed by atoms with E-state index in [0.717, 1.165) is 5.92 Å². The fourth-order valence-corrected chi connectivity index (χ4v) is 6.41. The lowest BCUT2D eigenvalue weighted by molar-refractivity contribution is 0.530. The van der Waals surface area contributed by atoms with Crippen LogP contribution in [0.25, 0.3) is 10.2 Å². The van der Waals surface area contributed by atoms with Crippen LogP contribution in [0.4, 0.5) is 0 Å². The van der Waals surface area contributed by atoms with Crippen molar-refractivity contribution in [2.45, 2.75) is 115 Å². The predicted octanol–water partition coefficient (Wildman–Crippen LogP) is 8.73. The largest absolute Gasteiger partial charge is 0.252 e. The Labute approximate surface area is 170 Å². The summed E-state index contributed by atoms with van der Waals surface area (Å²) in [6.07, 6.45) is 22.6. The van der Waals surface area contributed by atoms with Gasteiger partial charge in [-0.3, -0.25) is 4.98 Å². The Balaban J connectivity index is 1.51. The maximum atomic E-state index is 5.19. The Bertz CT molecular complexity index is 661. The summed E-state index contributed by atoms with van der Waals surface area (Å²) in [5, 5.41) is 0. The zero-order valence-corrected chi connectivity index (χ0v) is 17.9. The van der Waals surface area contributed by atoms with Gasteiger partial charge in [0.05, 0.1) is 10.2 Å². The van der Waals surface area contributed by atoms with Gasteiger partial charge in [-0.15, -0.1) is 11.3 Å². The van der Waals surface area contributed by atoms with Crippen LogP contribution in [0.5, 0.6) is 0 Å². The molecule has 0 saturated heterocycles. The third-order valence-electron chi connectivity index (χ3n) is 6.95. The van der Waals surface area contributed by atoms with Gasteiger partial charge in [-0.25, -0.2) is 0 Å². The summed E-state index contributed by atoms with van der Waals surface area (Å²) in [5.74, 6) is 1.48. The fourth-order valence-electron chi connectivity index (χ4n) is 5.23. The molecule has 0 spiro atoms. The van der Waals surface area contributed by atoms with E-state index < -0.39 is 0 Å². The standard InChI is InChI=1S/C25H37NS/c1-2-6-10-14-20(13-9-5-1)22-17-18-24-23(26-22)19-25(27-24)21-15-11-7-3-4-8-12-16-21/h17-21H,1-16H2. The topological polar surface area (TPSA) is 12.9 Å². The van der Waals surface area contributed by atoms with Gasteiger partial charge in [0.15, 0.2) is 0 Å². The minimum atomic E-state index is 0.695. The molecule has 0 aliphatic heterocycles. The first kappa shape index (κ1) is 19.4. The molecule has 0 amide bonds. The van der Waals surface area contributed by atoms with Gasteiger partial charge in [0.1, 0.15) is 0 Å². The molecule has 0 bridgehead atoms. The van der Waals surface area contributed by atoms with Crippen molar-refractivity contribution in [3.63, 3.8) is 0 Å². The molecule has 0 aromatic carbocycles. The first-order valence-electron chi connectivity index (χ1n) is 11.8. The maximum absolute atomic E-state index is 5.19. The lowest BCUT2D eigenvalue weighted by atomic mass is 9.93. The van der Waals surface area contributed by atoms with Crippen LogP contribution in [0.2, 0.25) is 0 Å². The van der Waals surface area contributed by atoms with Crippen molar-refractivity contribution < 1.29 is 0 Å². The minimum Gasteiger partial charge on any atom is -0.252 e. The summed E-state index contributed by atoms with van der Waals surface area (Å²) in [4.78, 5) is 6.80. The number of rotatable bonds is 2. The molecule has 2 heterocycles. The molecule has 2 aromatic rings. The molecule has 0 unspecified atom stereocenters. The van der Waals surface area contributed by atoms with Crippen LogP contribution in [0.1, 0.15) is 125 Å². The molecule has 2 aliphatic carbocycles. The van der Waals surface area contributed by atoms with E-state index in [4.69, 9.17) is 4.98 Å². The highest BCUT2D eigenvalue weighted by atomic mass is 32.1. The van der Waals surface area contributed by atoms with E-state index in [0.29, 0.717) is 5.92 Å². The molecular weight excluding hydrogens is 346 g/mol. The van der Waals surface area contributed by atoms with Crippen LogP contribution in [0.15, 0.2) is 18.2 Å². The summed E-state index contributed by atoms with van der Waals surface area (Å²) >= 11 is 2.03. The quantitative estimate of drug-likeness (QED) is 0.505. The van der Waals surface area contributed by atoms with Crippen molar-refractivity contribution in [2.24, 2.45) is 0 Å². The van der Waals surface area contributed by atoms with E-state index in [1.54, 1.807) is 4.88 Å². The zero-order valence-electron chi connectivity index (χ0n) is 17.1. The number of aromatic nitrogens is 1. The highest BCUT2D eigenvalue weighted by molar-refractivity contribution is 7.19. The van der Waals surface area contributed by atoms with Gasteiger partial charge in [0.25, 0.3) is 0 Å². The van der Waals surface area contributed by atoms with Gasteiger partial charge in [-0.1, -0.05) is 77.0 Å². The second-order valence-corrected chi connectivity index (χ2v) is 10.2. The third-order valence-corrected chi connectivity index (χ3v) is 8.20. The number of nitrogens with zero attached hydrogens (tertiary/aromatic N) is 1. The second kappa shape index (κ2) is 10.0. The molecule has 2 fully saturated rings. The van der Waals surface area contributed by atoms with Crippen LogP contribution in [0.3, 0.4) is 0 Å². The first-order chi connectivity index (χ1) is 13.4. The van der Waals surface area contributed by atoms with E-state index in [1.807, 2.05) is 11.3 Å². The zero-order chi connectivity index (χ0) is 18.3. The van der Waals surface area contributed by atoms with Gasteiger partial charge in [0, 0.05) is 16.5 Å². The predicted molar refractivity (Wildman–Crippen MR) is 119 cm³/mol. The lowest BCUT2D eigenvalue weighted by Crippen LogP contribution is -2.01. The van der Waals surface area contributed by atoms with Crippen molar-refractivity contribution in [1.29, 1.82) is 0 Å². The molecule has 2 saturated carbocycles. The van der Waals surface area contributed by atoms with Crippen LogP contribution in [0, 0.1) is 0 Å². The summed E-state index contributed by atoms with van der Waals surface area (Å²) in [6.45, 7) is 0. The first-order valence-corrected chi connectivity index (χ1v) is 12.6. The van der Waals surface area contributed by atoms with Crippen molar-refractivity contribution in [2.75, 3.05) is 0 Å². The molecule has 2 heteroatoms. The molecule has 27 heavy (non-hydrogen) atoms. The molecule has 0 radical (unpaired) electrons. The minimum absolute atomic E-state index is 0.695. The van der Waals surface area contributed by atoms with Crippen LogP contribution >= 0.6 is 11.3 Å². The Kier molecular flexibility index (Phi) is 7.23. The molecular formula is C25H37NS. The summed E-state index contributed by atoms with van der Waals surface area (Å²) in [6, 6.07) is 7.20. The van der Waals surface area contributed by atoms with Gasteiger partial charge in [-0.2, -0.15) is 0 Å². The monoisotopic (exact) mass is 383 g/mol. The van der Waals surface area contributed by atoms with Crippen LogP contribution in [-0.4, -0.2) is 4.98 Å². The number of thiophene rings is 1. The van der Waals surface area contributed by atoms with Gasteiger partial charge < -0.3 is 0 Å². The average molecular weight is 384 g/mol. The smallest absolute Gasteiger partial charge is 0.0816 e. The van der Waals surface area contributed by atoms with E-state index in [-0.39, 0.29) is 0 Å². The summed E-state index contributed by atoms with van der Waals surface area (Å²) in [5.41, 5.74) is 2.66. The fraction of sp³-hybridized carbons (Fsp3) is 0.720. The molecule has 4 rings (SSSR count). The average Bonchev–Trinajstić information content (AvgIpc) is 3.19. The van der Waals surface area contributed by atoms with Crippen LogP contribution in [-0.2, 0) is 0 Å². The molecule has 2 aliphatic rings. The lowest BCUT2D eigenvalue weighted by Gasteiger charge is -2.15. The summed E-state index contributed by atoms with van der Waals surface area (Å²) in [7, 11) is 0. The summed E-state index contributed by atoms with van der Waals surface area (Å²) < 4.78 is 1.41. The highest BCUT2D eigenvalue weighted by Crippen LogP contribution is 2.38. The molecule has 0 N–H and O–H groups in total. The van der Waals surface area contributed by atoms with Crippen molar-refractivity contribution >= 4 is 21.6 Å². The SMILES string of the molecule is c1cc2sc(C3CCCCCCCC3)cc2nc1C1CCCCCCCC1. The normalized spacial score (nSPS) is 22.4. The number of hydrogen-bond donors (Lipinski definition) is 0. The number of hydrogen-bond acceptors (Lipinski definition) is 2. The molecule has 1 nitrogen and oxygen atoms in total. The Morgan fingerprint density at radius 2 is 1.15 bits per heavy atom. The third kappa shape index (κ3) is 5.34. The van der Waals surface area contributed by atoms with E-state index in [9.17, 15) is 0 Å². The van der Waals surface area contributed by atoms with Crippen molar-refractivity contribution in [1.82, 2.24) is 4.98 Å². The van der Waals surface area contributed by atoms with Crippen molar-refractivity contribution in [3.8, 4) is 0 Å². The van der Waals surface area contributed by atoms with E-state index in [2.05, 4.69) is 18.2 Å². The molecule has 0 atom stereocenters. The number of pyridine rings is 1. The number of fused-ring (bicyclic) bond motifs is 1. The van der Waals surface area contributed by atoms with Gasteiger partial charge in [-0.05, 0) is 49.8 Å². The van der Waals surface area contributed by atoms with Crippen molar-refractivity contribution in [3.05, 3.63) is 28.8 Å². The Morgan fingerprint density at radius 1 is 0.630 bits per heavy atom. The Morgan fingerprint density at radius 3 is 1.74 bits per heavy atom. The van der Waals surface area contributed by atoms with Gasteiger partial charge >= 0.3 is 0 Å². The molecule has 148 valence electrons. The van der Waals surface area contributed by atoms with E-state index in [1.165, 1.54) is 119 Å².